The number of carbonyl (C=O) groups excluding carboxylic acids is 1. The summed E-state index contributed by atoms with van der Waals surface area (Å²) in [6, 6.07) is 5.14. The minimum Gasteiger partial charge on any atom is -0.494 e. The van der Waals surface area contributed by atoms with Gasteiger partial charge in [0.25, 0.3) is 0 Å². The Morgan fingerprint density at radius 2 is 1.74 bits per heavy atom. The van der Waals surface area contributed by atoms with E-state index in [1.807, 2.05) is 0 Å². The zero-order valence-corrected chi connectivity index (χ0v) is 23.0. The van der Waals surface area contributed by atoms with Gasteiger partial charge in [0.05, 0.1) is 19.2 Å². The summed E-state index contributed by atoms with van der Waals surface area (Å²) in [5, 5.41) is 7.62. The minimum absolute atomic E-state index is 0.0572. The molecule has 1 aliphatic heterocycles. The van der Waals surface area contributed by atoms with Crippen molar-refractivity contribution in [1.82, 2.24) is 29.6 Å². The van der Waals surface area contributed by atoms with Gasteiger partial charge < -0.3 is 19.1 Å². The molecule has 1 saturated heterocycles. The number of amides is 1. The molecule has 0 bridgehead atoms. The molecule has 3 heterocycles. The average Bonchev–Trinajstić information content (AvgIpc) is 3.46. The molecule has 38 heavy (non-hydrogen) atoms. The molecule has 3 aromatic rings. The summed E-state index contributed by atoms with van der Waals surface area (Å²) >= 11 is 5.88. The predicted molar refractivity (Wildman–Crippen MR) is 138 cm³/mol. The maximum absolute atomic E-state index is 13.6. The first-order chi connectivity index (χ1) is 18.1. The fourth-order valence-corrected chi connectivity index (χ4v) is 5.52. The van der Waals surface area contributed by atoms with Crippen molar-refractivity contribution in [1.29, 1.82) is 0 Å². The van der Waals surface area contributed by atoms with Gasteiger partial charge in [-0.05, 0) is 19.1 Å². The van der Waals surface area contributed by atoms with E-state index >= 15 is 0 Å². The van der Waals surface area contributed by atoms with Crippen LogP contribution in [-0.4, -0.2) is 84.1 Å². The number of ether oxygens (including phenoxy) is 3. The van der Waals surface area contributed by atoms with Crippen molar-refractivity contribution in [2.75, 3.05) is 39.6 Å². The Labute approximate surface area is 225 Å². The maximum atomic E-state index is 13.6. The number of para-hydroxylation sites is 1. The molecule has 1 aliphatic rings. The molecule has 13 nitrogen and oxygen atoms in total. The van der Waals surface area contributed by atoms with E-state index in [2.05, 4.69) is 24.9 Å². The zero-order chi connectivity index (χ0) is 27.6. The first kappa shape index (κ1) is 27.5. The Kier molecular flexibility index (Phi) is 8.04. The van der Waals surface area contributed by atoms with Gasteiger partial charge in [-0.1, -0.05) is 17.7 Å². The monoisotopic (exact) mass is 565 g/mol. The summed E-state index contributed by atoms with van der Waals surface area (Å²) in [6.45, 7) is 1.85. The molecule has 3 atom stereocenters. The van der Waals surface area contributed by atoms with E-state index < -0.39 is 21.4 Å². The maximum Gasteiger partial charge on any atom is 0.243 e. The predicted octanol–water partition coefficient (Wildman–Crippen LogP) is 2.19. The molecule has 1 fully saturated rings. The van der Waals surface area contributed by atoms with E-state index in [-0.39, 0.29) is 30.0 Å². The lowest BCUT2D eigenvalue weighted by molar-refractivity contribution is -0.126. The third kappa shape index (κ3) is 5.24. The molecule has 1 N–H and O–H groups in total. The number of likely N-dealkylation sites (N-methyl/N-ethyl adjacent to an activating group) is 1. The highest BCUT2D eigenvalue weighted by molar-refractivity contribution is 7.93. The van der Waals surface area contributed by atoms with Crippen molar-refractivity contribution < 1.29 is 27.4 Å². The Morgan fingerprint density at radius 1 is 1.11 bits per heavy atom. The second kappa shape index (κ2) is 11.1. The van der Waals surface area contributed by atoms with Crippen LogP contribution in [0.25, 0.3) is 5.69 Å². The van der Waals surface area contributed by atoms with E-state index in [1.54, 1.807) is 30.1 Å². The number of carbonyl (C=O) groups is 1. The first-order valence-electron chi connectivity index (χ1n) is 11.5. The highest BCUT2D eigenvalue weighted by atomic mass is 35.5. The number of benzene rings is 1. The van der Waals surface area contributed by atoms with Crippen LogP contribution in [0.4, 0.5) is 5.95 Å². The molecule has 15 heteroatoms. The number of hydrogen-bond donors (Lipinski definition) is 1. The summed E-state index contributed by atoms with van der Waals surface area (Å²) in [5.41, 5.74) is 0.384. The molecule has 0 aliphatic carbocycles. The van der Waals surface area contributed by atoms with Crippen molar-refractivity contribution in [3.05, 3.63) is 47.3 Å². The number of anilines is 1. The van der Waals surface area contributed by atoms with Crippen molar-refractivity contribution in [2.45, 2.75) is 30.6 Å². The average molecular weight is 566 g/mol. The highest BCUT2D eigenvalue weighted by Gasteiger charge is 2.37. The Morgan fingerprint density at radius 3 is 2.26 bits per heavy atom. The van der Waals surface area contributed by atoms with Gasteiger partial charge >= 0.3 is 0 Å². The molecule has 1 amide bonds. The summed E-state index contributed by atoms with van der Waals surface area (Å²) < 4.78 is 47.8. The topological polar surface area (TPSA) is 151 Å². The van der Waals surface area contributed by atoms with Crippen LogP contribution in [-0.2, 0) is 19.6 Å². The Bertz CT molecular complexity index is 1390. The first-order valence-corrected chi connectivity index (χ1v) is 13.5. The van der Waals surface area contributed by atoms with E-state index in [0.29, 0.717) is 34.6 Å². The Hall–Kier alpha value is -3.49. The van der Waals surface area contributed by atoms with Crippen LogP contribution in [0, 0.1) is 0 Å². The van der Waals surface area contributed by atoms with Crippen LogP contribution in [0.5, 0.6) is 11.5 Å². The largest absolute Gasteiger partial charge is 0.494 e. The minimum atomic E-state index is -4.15. The lowest BCUT2D eigenvalue weighted by Crippen LogP contribution is -2.33. The van der Waals surface area contributed by atoms with Gasteiger partial charge in [0.15, 0.2) is 5.82 Å². The van der Waals surface area contributed by atoms with Crippen LogP contribution >= 0.6 is 11.6 Å². The van der Waals surface area contributed by atoms with E-state index in [9.17, 15) is 13.2 Å². The fourth-order valence-electron chi connectivity index (χ4n) is 4.29. The molecule has 2 aromatic heterocycles. The van der Waals surface area contributed by atoms with Gasteiger partial charge in [-0.15, -0.1) is 10.2 Å². The number of nitrogens with one attached hydrogen (secondary N) is 1. The third-order valence-corrected chi connectivity index (χ3v) is 8.21. The molecule has 4 rings (SSSR count). The number of halogens is 1. The smallest absolute Gasteiger partial charge is 0.243 e. The normalized spacial score (nSPS) is 17.4. The molecule has 0 spiro atoms. The lowest BCUT2D eigenvalue weighted by atomic mass is 10.1. The highest BCUT2D eigenvalue weighted by Crippen LogP contribution is 2.39. The van der Waals surface area contributed by atoms with Crippen molar-refractivity contribution in [3.63, 3.8) is 0 Å². The molecule has 1 aromatic carbocycles. The van der Waals surface area contributed by atoms with Crippen LogP contribution < -0.4 is 14.2 Å². The van der Waals surface area contributed by atoms with Gasteiger partial charge in [0, 0.05) is 45.4 Å². The quantitative estimate of drug-likeness (QED) is 0.387. The number of nitrogens with zero attached hydrogens (tertiary/aromatic N) is 6. The second-order valence-electron chi connectivity index (χ2n) is 8.67. The fraction of sp³-hybridized carbons (Fsp3) is 0.435. The summed E-state index contributed by atoms with van der Waals surface area (Å²) in [7, 11) is 1.87. The van der Waals surface area contributed by atoms with Gasteiger partial charge in [-0.25, -0.2) is 18.4 Å². The number of rotatable bonds is 10. The van der Waals surface area contributed by atoms with Crippen LogP contribution in [0.3, 0.4) is 0 Å². The summed E-state index contributed by atoms with van der Waals surface area (Å²) in [5.74, 6) is 0.791. The number of hydrogen-bond acceptors (Lipinski definition) is 10. The molecule has 204 valence electrons. The summed E-state index contributed by atoms with van der Waals surface area (Å²) in [4.78, 5) is 22.1. The lowest BCUT2D eigenvalue weighted by Gasteiger charge is -2.23. The van der Waals surface area contributed by atoms with Gasteiger partial charge in [0.2, 0.25) is 21.9 Å². The molecular weight excluding hydrogens is 538 g/mol. The molecule has 2 unspecified atom stereocenters. The number of methoxy groups -OCH3 is 3. The van der Waals surface area contributed by atoms with Gasteiger partial charge in [0.1, 0.15) is 34.4 Å². The van der Waals surface area contributed by atoms with Crippen molar-refractivity contribution in [2.24, 2.45) is 0 Å². The van der Waals surface area contributed by atoms with Gasteiger partial charge in [-0.3, -0.25) is 14.1 Å². The van der Waals surface area contributed by atoms with E-state index in [4.69, 9.17) is 25.8 Å². The summed E-state index contributed by atoms with van der Waals surface area (Å²) in [6.07, 6.45) is 1.90. The second-order valence-corrected chi connectivity index (χ2v) is 11.1. The van der Waals surface area contributed by atoms with Crippen LogP contribution in [0.2, 0.25) is 5.02 Å². The zero-order valence-electron chi connectivity index (χ0n) is 21.5. The van der Waals surface area contributed by atoms with E-state index in [0.717, 1.165) is 0 Å². The standard InChI is InChI=1S/C23H28ClN7O6S/c1-13(20(37-5)21-25-10-15(24)11-26-21)38(33,34)29-23-28-27-22(14-9-18(32)30(2)12-14)31(23)19-16(35-3)7-6-8-17(19)36-4/h6-8,10-11,13-14,20H,9,12H2,1-5H3,(H,28,29)/t13?,14-,20?/m1/s1. The van der Waals surface area contributed by atoms with Crippen molar-refractivity contribution in [3.8, 4) is 17.2 Å². The van der Waals surface area contributed by atoms with Crippen LogP contribution in [0.15, 0.2) is 30.6 Å². The number of aromatic nitrogens is 5. The Balaban J connectivity index is 1.80. The van der Waals surface area contributed by atoms with E-state index in [1.165, 1.54) is 45.2 Å². The molecular formula is C23H28ClN7O6S. The van der Waals surface area contributed by atoms with Crippen molar-refractivity contribution >= 4 is 33.5 Å². The number of likely N-dealkylation sites (tertiary alicyclic amines) is 1. The van der Waals surface area contributed by atoms with Crippen LogP contribution in [0.1, 0.15) is 37.0 Å². The SMILES string of the molecule is COc1cccc(OC)c1-n1c(NS(=O)(=O)C(C)C(OC)c2ncc(Cl)cn2)nnc1[C@@H]1CC(=O)N(C)C1. The molecule has 0 saturated carbocycles. The molecule has 0 radical (unpaired) electrons. The third-order valence-electron chi connectivity index (χ3n) is 6.32. The number of sulfonamides is 1. The van der Waals surface area contributed by atoms with Gasteiger partial charge in [-0.2, -0.15) is 0 Å².